The van der Waals surface area contributed by atoms with Crippen molar-refractivity contribution in [3.8, 4) is 5.75 Å². The fraction of sp³-hybridized carbons (Fsp3) is 0.625. The van der Waals surface area contributed by atoms with Crippen molar-refractivity contribution in [1.82, 2.24) is 9.21 Å². The summed E-state index contributed by atoms with van der Waals surface area (Å²) in [5.41, 5.74) is 0. The highest BCUT2D eigenvalue weighted by Gasteiger charge is 2.31. The molecule has 0 amide bonds. The van der Waals surface area contributed by atoms with E-state index in [4.69, 9.17) is 4.74 Å². The highest BCUT2D eigenvalue weighted by molar-refractivity contribution is 7.89. The Kier molecular flexibility index (Phi) is 4.70. The number of methoxy groups -OCH3 is 1. The van der Waals surface area contributed by atoms with Crippen LogP contribution in [0, 0.1) is 0 Å². The van der Waals surface area contributed by atoms with E-state index < -0.39 is 10.0 Å². The van der Waals surface area contributed by atoms with Crippen molar-refractivity contribution in [2.24, 2.45) is 0 Å². The van der Waals surface area contributed by atoms with Gasteiger partial charge in [-0.3, -0.25) is 4.90 Å². The second-order valence-corrected chi connectivity index (χ2v) is 7.99. The number of ether oxygens (including phenoxy) is 1. The zero-order chi connectivity index (χ0) is 15.6. The average molecular weight is 324 g/mol. The zero-order valence-electron chi connectivity index (χ0n) is 13.1. The van der Waals surface area contributed by atoms with Crippen molar-refractivity contribution < 1.29 is 13.2 Å². The Labute approximate surface area is 132 Å². The van der Waals surface area contributed by atoms with Gasteiger partial charge in [0.25, 0.3) is 0 Å². The molecule has 1 aliphatic heterocycles. The van der Waals surface area contributed by atoms with E-state index in [9.17, 15) is 8.42 Å². The fourth-order valence-electron chi connectivity index (χ4n) is 3.48. The van der Waals surface area contributed by atoms with E-state index in [-0.39, 0.29) is 0 Å². The summed E-state index contributed by atoms with van der Waals surface area (Å²) < 4.78 is 32.1. The highest BCUT2D eigenvalue weighted by atomic mass is 32.2. The van der Waals surface area contributed by atoms with Crippen molar-refractivity contribution in [3.05, 3.63) is 24.3 Å². The van der Waals surface area contributed by atoms with Crippen LogP contribution in [0.15, 0.2) is 29.2 Å². The van der Waals surface area contributed by atoms with Gasteiger partial charge in [0.1, 0.15) is 5.75 Å². The third kappa shape index (κ3) is 3.14. The summed E-state index contributed by atoms with van der Waals surface area (Å²) in [6.45, 7) is 2.87. The fourth-order valence-corrected chi connectivity index (χ4v) is 4.90. The molecule has 22 heavy (non-hydrogen) atoms. The molecule has 1 heterocycles. The van der Waals surface area contributed by atoms with E-state index in [1.165, 1.54) is 25.7 Å². The van der Waals surface area contributed by atoms with Crippen LogP contribution in [0.1, 0.15) is 25.7 Å². The van der Waals surface area contributed by atoms with Gasteiger partial charge in [0.2, 0.25) is 10.0 Å². The molecule has 2 fully saturated rings. The summed E-state index contributed by atoms with van der Waals surface area (Å²) in [7, 11) is -1.81. The van der Waals surface area contributed by atoms with Gasteiger partial charge in [-0.2, -0.15) is 4.31 Å². The van der Waals surface area contributed by atoms with Gasteiger partial charge in [0.05, 0.1) is 12.0 Å². The van der Waals surface area contributed by atoms with E-state index in [0.717, 1.165) is 13.1 Å². The lowest BCUT2D eigenvalue weighted by molar-refractivity contribution is 0.139. The number of hydrogen-bond acceptors (Lipinski definition) is 4. The predicted octanol–water partition coefficient (Wildman–Crippen LogP) is 1.94. The SMILES string of the molecule is COc1ccc(S(=O)(=O)N2CCN(C3CCCC3)CC2)cc1. The first-order valence-electron chi connectivity index (χ1n) is 7.99. The zero-order valence-corrected chi connectivity index (χ0v) is 13.9. The van der Waals surface area contributed by atoms with Gasteiger partial charge in [0, 0.05) is 32.2 Å². The van der Waals surface area contributed by atoms with E-state index in [1.807, 2.05) is 0 Å². The van der Waals surface area contributed by atoms with Gasteiger partial charge >= 0.3 is 0 Å². The number of nitrogens with zero attached hydrogens (tertiary/aromatic N) is 2. The lowest BCUT2D eigenvalue weighted by atomic mass is 10.2. The molecular formula is C16H24N2O3S. The molecule has 1 aromatic carbocycles. The highest BCUT2D eigenvalue weighted by Crippen LogP contribution is 2.26. The van der Waals surface area contributed by atoms with Crippen LogP contribution in [0.5, 0.6) is 5.75 Å². The smallest absolute Gasteiger partial charge is 0.243 e. The minimum Gasteiger partial charge on any atom is -0.497 e. The van der Waals surface area contributed by atoms with Crippen LogP contribution in [-0.4, -0.2) is 57.0 Å². The Morgan fingerprint density at radius 2 is 1.59 bits per heavy atom. The van der Waals surface area contributed by atoms with Crippen LogP contribution in [0.3, 0.4) is 0 Å². The van der Waals surface area contributed by atoms with Crippen LogP contribution < -0.4 is 4.74 Å². The molecule has 6 heteroatoms. The first-order valence-corrected chi connectivity index (χ1v) is 9.43. The molecule has 0 unspecified atom stereocenters. The van der Waals surface area contributed by atoms with Gasteiger partial charge in [-0.25, -0.2) is 8.42 Å². The first-order chi connectivity index (χ1) is 10.6. The molecule has 0 N–H and O–H groups in total. The molecule has 1 aromatic rings. The standard InChI is InChI=1S/C16H24N2O3S/c1-21-15-6-8-16(9-7-15)22(19,20)18-12-10-17(11-13-18)14-4-2-3-5-14/h6-9,14H,2-5,10-13H2,1H3. The summed E-state index contributed by atoms with van der Waals surface area (Å²) in [5, 5.41) is 0. The summed E-state index contributed by atoms with van der Waals surface area (Å²) in [5.74, 6) is 0.671. The van der Waals surface area contributed by atoms with Crippen molar-refractivity contribution in [2.75, 3.05) is 33.3 Å². The normalized spacial score (nSPS) is 22.0. The van der Waals surface area contributed by atoms with E-state index in [1.54, 1.807) is 35.7 Å². The molecule has 122 valence electrons. The van der Waals surface area contributed by atoms with Gasteiger partial charge in [-0.05, 0) is 37.1 Å². The third-order valence-electron chi connectivity index (χ3n) is 4.81. The Hall–Kier alpha value is -1.11. The quantitative estimate of drug-likeness (QED) is 0.849. The molecule has 0 bridgehead atoms. The average Bonchev–Trinajstić information content (AvgIpc) is 3.09. The Bertz CT molecular complexity index is 586. The van der Waals surface area contributed by atoms with Gasteiger partial charge < -0.3 is 4.74 Å². The van der Waals surface area contributed by atoms with Crippen molar-refractivity contribution in [2.45, 2.75) is 36.6 Å². The molecule has 5 nitrogen and oxygen atoms in total. The van der Waals surface area contributed by atoms with Crippen molar-refractivity contribution in [1.29, 1.82) is 0 Å². The summed E-state index contributed by atoms with van der Waals surface area (Å²) in [6.07, 6.45) is 5.17. The Balaban J connectivity index is 1.65. The molecule has 2 aliphatic rings. The number of hydrogen-bond donors (Lipinski definition) is 0. The molecule has 0 radical (unpaired) electrons. The maximum atomic E-state index is 12.7. The predicted molar refractivity (Wildman–Crippen MR) is 85.6 cm³/mol. The molecular weight excluding hydrogens is 300 g/mol. The molecule has 1 saturated carbocycles. The molecule has 1 saturated heterocycles. The lowest BCUT2D eigenvalue weighted by Crippen LogP contribution is -2.51. The molecule has 0 spiro atoms. The molecule has 0 atom stereocenters. The van der Waals surface area contributed by atoms with Gasteiger partial charge in [0.15, 0.2) is 0 Å². The van der Waals surface area contributed by atoms with Crippen LogP contribution in [0.4, 0.5) is 0 Å². The van der Waals surface area contributed by atoms with Crippen LogP contribution in [0.2, 0.25) is 0 Å². The maximum absolute atomic E-state index is 12.7. The number of sulfonamides is 1. The lowest BCUT2D eigenvalue weighted by Gasteiger charge is -2.37. The molecule has 0 aromatic heterocycles. The minimum absolute atomic E-state index is 0.350. The Morgan fingerprint density at radius 1 is 1.00 bits per heavy atom. The second-order valence-electron chi connectivity index (χ2n) is 6.05. The summed E-state index contributed by atoms with van der Waals surface area (Å²) in [6, 6.07) is 7.31. The second kappa shape index (κ2) is 6.56. The largest absolute Gasteiger partial charge is 0.497 e. The summed E-state index contributed by atoms with van der Waals surface area (Å²) >= 11 is 0. The molecule has 1 aliphatic carbocycles. The van der Waals surface area contributed by atoms with Crippen LogP contribution >= 0.6 is 0 Å². The third-order valence-corrected chi connectivity index (χ3v) is 6.72. The van der Waals surface area contributed by atoms with Gasteiger partial charge in [-0.15, -0.1) is 0 Å². The maximum Gasteiger partial charge on any atom is 0.243 e. The van der Waals surface area contributed by atoms with Gasteiger partial charge in [-0.1, -0.05) is 12.8 Å². The first kappa shape index (κ1) is 15.8. The van der Waals surface area contributed by atoms with Crippen molar-refractivity contribution >= 4 is 10.0 Å². The number of benzene rings is 1. The Morgan fingerprint density at radius 3 is 2.14 bits per heavy atom. The van der Waals surface area contributed by atoms with E-state index in [2.05, 4.69) is 4.90 Å². The summed E-state index contributed by atoms with van der Waals surface area (Å²) in [4.78, 5) is 2.81. The van der Waals surface area contributed by atoms with Crippen LogP contribution in [-0.2, 0) is 10.0 Å². The monoisotopic (exact) mass is 324 g/mol. The number of rotatable bonds is 4. The van der Waals surface area contributed by atoms with Crippen molar-refractivity contribution in [3.63, 3.8) is 0 Å². The number of piperazine rings is 1. The van der Waals surface area contributed by atoms with E-state index >= 15 is 0 Å². The molecule has 3 rings (SSSR count). The minimum atomic E-state index is -3.38. The topological polar surface area (TPSA) is 49.9 Å². The van der Waals surface area contributed by atoms with Crippen LogP contribution in [0.25, 0.3) is 0 Å². The van der Waals surface area contributed by atoms with E-state index in [0.29, 0.717) is 29.8 Å².